The van der Waals surface area contributed by atoms with E-state index in [4.69, 9.17) is 0 Å². The van der Waals surface area contributed by atoms with E-state index in [0.717, 1.165) is 28.7 Å². The van der Waals surface area contributed by atoms with Gasteiger partial charge in [-0.15, -0.1) is 0 Å². The SMILES string of the molecule is CCNc1nc(SCC(=O)NCC(=O)Nc2ccc(F)c(F)c2F)nc2ccccc12. The van der Waals surface area contributed by atoms with E-state index in [9.17, 15) is 22.8 Å². The van der Waals surface area contributed by atoms with Crippen molar-refractivity contribution in [1.82, 2.24) is 15.3 Å². The summed E-state index contributed by atoms with van der Waals surface area (Å²) in [6, 6.07) is 9.04. The van der Waals surface area contributed by atoms with Crippen LogP contribution in [0.15, 0.2) is 41.6 Å². The van der Waals surface area contributed by atoms with E-state index in [-0.39, 0.29) is 5.75 Å². The molecule has 31 heavy (non-hydrogen) atoms. The predicted octanol–water partition coefficient (Wildman–Crippen LogP) is 3.33. The van der Waals surface area contributed by atoms with Gasteiger partial charge in [0.2, 0.25) is 11.8 Å². The number of carbonyl (C=O) groups excluding carboxylic acids is 2. The van der Waals surface area contributed by atoms with Crippen LogP contribution in [-0.2, 0) is 9.59 Å². The minimum Gasteiger partial charge on any atom is -0.370 e. The first kappa shape index (κ1) is 22.3. The highest BCUT2D eigenvalue weighted by atomic mass is 32.2. The number of hydrogen-bond donors (Lipinski definition) is 3. The first-order chi connectivity index (χ1) is 14.9. The number of thioether (sulfide) groups is 1. The van der Waals surface area contributed by atoms with Crippen LogP contribution in [0.4, 0.5) is 24.7 Å². The lowest BCUT2D eigenvalue weighted by Crippen LogP contribution is -2.34. The molecule has 0 atom stereocenters. The number of fused-ring (bicyclic) bond motifs is 1. The molecule has 0 saturated carbocycles. The van der Waals surface area contributed by atoms with Crippen LogP contribution < -0.4 is 16.0 Å². The van der Waals surface area contributed by atoms with Crippen molar-refractivity contribution >= 4 is 46.0 Å². The van der Waals surface area contributed by atoms with Gasteiger partial charge in [0.15, 0.2) is 22.6 Å². The summed E-state index contributed by atoms with van der Waals surface area (Å²) in [6.45, 7) is 2.13. The molecular formula is C20H18F3N5O2S. The lowest BCUT2D eigenvalue weighted by Gasteiger charge is -2.10. The van der Waals surface area contributed by atoms with Crippen LogP contribution >= 0.6 is 11.8 Å². The number of nitrogens with zero attached hydrogens (tertiary/aromatic N) is 2. The summed E-state index contributed by atoms with van der Waals surface area (Å²) in [5.41, 5.74) is 0.206. The Bertz CT molecular complexity index is 1130. The molecule has 0 bridgehead atoms. The van der Waals surface area contributed by atoms with Crippen molar-refractivity contribution in [3.63, 3.8) is 0 Å². The molecule has 11 heteroatoms. The van der Waals surface area contributed by atoms with E-state index >= 15 is 0 Å². The standard InChI is InChI=1S/C20H18F3N5O2S/c1-2-24-19-11-5-3-4-6-13(11)27-20(28-19)31-10-16(30)25-9-15(29)26-14-8-7-12(21)17(22)18(14)23/h3-8H,2,9-10H2,1H3,(H,25,30)(H,26,29)(H,24,27,28). The number of anilines is 2. The summed E-state index contributed by atoms with van der Waals surface area (Å²) >= 11 is 1.09. The Morgan fingerprint density at radius 3 is 2.55 bits per heavy atom. The molecule has 162 valence electrons. The van der Waals surface area contributed by atoms with Crippen molar-refractivity contribution in [2.45, 2.75) is 12.1 Å². The van der Waals surface area contributed by atoms with Gasteiger partial charge in [-0.2, -0.15) is 0 Å². The maximum Gasteiger partial charge on any atom is 0.243 e. The number of para-hydroxylation sites is 1. The first-order valence-corrected chi connectivity index (χ1v) is 10.2. The summed E-state index contributed by atoms with van der Waals surface area (Å²) in [4.78, 5) is 32.7. The molecule has 3 rings (SSSR count). The Kier molecular flexibility index (Phi) is 7.29. The van der Waals surface area contributed by atoms with Crippen molar-refractivity contribution in [3.8, 4) is 0 Å². The maximum atomic E-state index is 13.6. The van der Waals surface area contributed by atoms with Crippen LogP contribution in [0.1, 0.15) is 6.92 Å². The second-order valence-electron chi connectivity index (χ2n) is 6.24. The second kappa shape index (κ2) is 10.1. The third-order valence-electron chi connectivity index (χ3n) is 4.01. The number of halogens is 3. The van der Waals surface area contributed by atoms with E-state index in [1.54, 1.807) is 0 Å². The van der Waals surface area contributed by atoms with Gasteiger partial charge >= 0.3 is 0 Å². The molecule has 1 aromatic heterocycles. The van der Waals surface area contributed by atoms with Crippen molar-refractivity contribution in [3.05, 3.63) is 53.8 Å². The molecule has 7 nitrogen and oxygen atoms in total. The summed E-state index contributed by atoms with van der Waals surface area (Å²) in [5, 5.41) is 8.84. The number of aromatic nitrogens is 2. The third kappa shape index (κ3) is 5.63. The average Bonchev–Trinajstić information content (AvgIpc) is 2.77. The van der Waals surface area contributed by atoms with Crippen molar-refractivity contribution in [2.24, 2.45) is 0 Å². The largest absolute Gasteiger partial charge is 0.370 e. The maximum absolute atomic E-state index is 13.6. The van der Waals surface area contributed by atoms with E-state index in [0.29, 0.717) is 23.6 Å². The van der Waals surface area contributed by atoms with Gasteiger partial charge in [0, 0.05) is 11.9 Å². The van der Waals surface area contributed by atoms with Gasteiger partial charge in [0.05, 0.1) is 23.5 Å². The Balaban J connectivity index is 1.54. The van der Waals surface area contributed by atoms with Crippen LogP contribution in [0.25, 0.3) is 10.9 Å². The van der Waals surface area contributed by atoms with Crippen LogP contribution in [0, 0.1) is 17.5 Å². The summed E-state index contributed by atoms with van der Waals surface area (Å²) < 4.78 is 39.7. The average molecular weight is 449 g/mol. The number of benzene rings is 2. The lowest BCUT2D eigenvalue weighted by molar-refractivity contribution is -0.122. The van der Waals surface area contributed by atoms with Gasteiger partial charge in [-0.05, 0) is 31.2 Å². The monoisotopic (exact) mass is 449 g/mol. The molecule has 0 radical (unpaired) electrons. The fourth-order valence-corrected chi connectivity index (χ4v) is 3.28. The Morgan fingerprint density at radius 2 is 1.77 bits per heavy atom. The minimum atomic E-state index is -1.69. The molecule has 0 aliphatic carbocycles. The molecule has 0 unspecified atom stereocenters. The van der Waals surface area contributed by atoms with Gasteiger partial charge in [-0.25, -0.2) is 23.1 Å². The Labute approximate surface area is 179 Å². The van der Waals surface area contributed by atoms with E-state index < -0.39 is 41.5 Å². The van der Waals surface area contributed by atoms with E-state index in [2.05, 4.69) is 25.9 Å². The zero-order valence-corrected chi connectivity index (χ0v) is 17.2. The zero-order valence-electron chi connectivity index (χ0n) is 16.3. The number of rotatable bonds is 8. The van der Waals surface area contributed by atoms with Gasteiger partial charge in [-0.1, -0.05) is 23.9 Å². The highest BCUT2D eigenvalue weighted by Gasteiger charge is 2.16. The highest BCUT2D eigenvalue weighted by molar-refractivity contribution is 7.99. The van der Waals surface area contributed by atoms with Crippen molar-refractivity contribution < 1.29 is 22.8 Å². The number of carbonyl (C=O) groups is 2. The summed E-state index contributed by atoms with van der Waals surface area (Å²) in [7, 11) is 0. The smallest absolute Gasteiger partial charge is 0.243 e. The number of hydrogen-bond acceptors (Lipinski definition) is 6. The molecule has 0 aliphatic heterocycles. The minimum absolute atomic E-state index is 0.0588. The third-order valence-corrected chi connectivity index (χ3v) is 4.86. The van der Waals surface area contributed by atoms with E-state index in [1.165, 1.54) is 0 Å². The van der Waals surface area contributed by atoms with Crippen molar-refractivity contribution in [2.75, 3.05) is 29.5 Å². The zero-order chi connectivity index (χ0) is 22.4. The fraction of sp³-hybridized carbons (Fsp3) is 0.200. The molecule has 2 amide bonds. The summed E-state index contributed by atoms with van der Waals surface area (Å²) in [5.74, 6) is -5.24. The molecule has 1 heterocycles. The molecule has 0 fully saturated rings. The van der Waals surface area contributed by atoms with Gasteiger partial charge in [-0.3, -0.25) is 9.59 Å². The molecule has 0 aliphatic rings. The highest BCUT2D eigenvalue weighted by Crippen LogP contribution is 2.24. The second-order valence-corrected chi connectivity index (χ2v) is 7.18. The van der Waals surface area contributed by atoms with Gasteiger partial charge < -0.3 is 16.0 Å². The molecule has 3 N–H and O–H groups in total. The Hall–Kier alpha value is -3.34. The molecule has 2 aromatic carbocycles. The van der Waals surface area contributed by atoms with Gasteiger partial charge in [0.1, 0.15) is 5.82 Å². The molecule has 0 saturated heterocycles. The lowest BCUT2D eigenvalue weighted by atomic mass is 10.2. The molecular weight excluding hydrogens is 431 g/mol. The van der Waals surface area contributed by atoms with Crippen LogP contribution in [0.5, 0.6) is 0 Å². The summed E-state index contributed by atoms with van der Waals surface area (Å²) in [6.07, 6.45) is 0. The first-order valence-electron chi connectivity index (χ1n) is 9.22. The normalized spacial score (nSPS) is 10.7. The fourth-order valence-electron chi connectivity index (χ4n) is 2.60. The number of nitrogens with one attached hydrogen (secondary N) is 3. The van der Waals surface area contributed by atoms with Crippen LogP contribution in [-0.4, -0.2) is 40.6 Å². The van der Waals surface area contributed by atoms with Gasteiger partial charge in [0.25, 0.3) is 0 Å². The predicted molar refractivity (Wildman–Crippen MR) is 112 cm³/mol. The quantitative estimate of drug-likeness (QED) is 0.277. The topological polar surface area (TPSA) is 96.0 Å². The molecule has 3 aromatic rings. The Morgan fingerprint density at radius 1 is 1.00 bits per heavy atom. The van der Waals surface area contributed by atoms with E-state index in [1.807, 2.05) is 31.2 Å². The van der Waals surface area contributed by atoms with Crippen molar-refractivity contribution in [1.29, 1.82) is 0 Å². The van der Waals surface area contributed by atoms with Crippen LogP contribution in [0.2, 0.25) is 0 Å². The number of amides is 2. The molecule has 0 spiro atoms. The van der Waals surface area contributed by atoms with Crippen LogP contribution in [0.3, 0.4) is 0 Å².